The number of hydrogen-bond acceptors (Lipinski definition) is 8. The number of rotatable bonds is 10. The summed E-state index contributed by atoms with van der Waals surface area (Å²) in [5.41, 5.74) is 0. The summed E-state index contributed by atoms with van der Waals surface area (Å²) in [6.07, 6.45) is 3.57. The minimum absolute atomic E-state index is 0.270. The maximum absolute atomic E-state index is 13.1. The Morgan fingerprint density at radius 3 is 1.50 bits per heavy atom. The molecule has 0 bridgehead atoms. The number of hydrogen-bond donors (Lipinski definition) is 4. The number of phenolic OH excluding ortho intramolecular Hbond substituents is 4. The largest absolute Gasteiger partial charge is 0.504 e. The molecular weight excluding hydrogens is 434 g/mol. The third kappa shape index (κ3) is 5.15. The van der Waals surface area contributed by atoms with Crippen LogP contribution in [-0.4, -0.2) is 47.5 Å². The van der Waals surface area contributed by atoms with Gasteiger partial charge in [0, 0.05) is 18.7 Å². The van der Waals surface area contributed by atoms with Gasteiger partial charge in [-0.25, -0.2) is 16.8 Å². The fourth-order valence-corrected chi connectivity index (χ4v) is 6.54. The molecule has 9 nitrogen and oxygen atoms in total. The van der Waals surface area contributed by atoms with Gasteiger partial charge in [-0.3, -0.25) is 0 Å². The third-order valence-corrected chi connectivity index (χ3v) is 8.78. The van der Waals surface area contributed by atoms with Crippen LogP contribution in [0, 0.1) is 0 Å². The summed E-state index contributed by atoms with van der Waals surface area (Å²) in [5, 5.41) is 38.2. The molecule has 0 saturated carbocycles. The van der Waals surface area contributed by atoms with Gasteiger partial charge in [-0.05, 0) is 30.7 Å². The molecule has 0 aliphatic heterocycles. The van der Waals surface area contributed by atoms with Gasteiger partial charge >= 0.3 is 0 Å². The van der Waals surface area contributed by atoms with E-state index in [0.717, 1.165) is 55.7 Å². The van der Waals surface area contributed by atoms with E-state index in [4.69, 9.17) is 0 Å². The van der Waals surface area contributed by atoms with Gasteiger partial charge in [-0.2, -0.15) is 0 Å². The van der Waals surface area contributed by atoms with Gasteiger partial charge in [-0.15, -0.1) is 0 Å². The molecule has 0 radical (unpaired) electrons. The van der Waals surface area contributed by atoms with Crippen LogP contribution in [-0.2, 0) is 20.0 Å². The first kappa shape index (κ1) is 23.8. The molecule has 2 aromatic rings. The molecule has 0 unspecified atom stereocenters. The Balaban J connectivity index is 2.50. The van der Waals surface area contributed by atoms with Crippen molar-refractivity contribution in [2.75, 3.05) is 6.54 Å². The molecule has 0 aliphatic rings. The van der Waals surface area contributed by atoms with Crippen LogP contribution in [0.3, 0.4) is 0 Å². The van der Waals surface area contributed by atoms with Crippen molar-refractivity contribution < 1.29 is 37.3 Å². The molecule has 0 fully saturated rings. The van der Waals surface area contributed by atoms with Gasteiger partial charge in [0.25, 0.3) is 20.0 Å². The molecule has 0 heterocycles. The van der Waals surface area contributed by atoms with Gasteiger partial charge in [0.05, 0.1) is 9.79 Å². The summed E-state index contributed by atoms with van der Waals surface area (Å²) in [6.45, 7) is 1.66. The van der Waals surface area contributed by atoms with Crippen molar-refractivity contribution in [1.29, 1.82) is 0 Å². The van der Waals surface area contributed by atoms with Gasteiger partial charge < -0.3 is 20.4 Å². The van der Waals surface area contributed by atoms with Gasteiger partial charge in [0.2, 0.25) is 0 Å². The molecule has 2 rings (SSSR count). The summed E-state index contributed by atoms with van der Waals surface area (Å²) in [7, 11) is -9.26. The van der Waals surface area contributed by atoms with E-state index < -0.39 is 52.8 Å². The van der Waals surface area contributed by atoms with Crippen LogP contribution in [0.2, 0.25) is 0 Å². The monoisotopic (exact) mass is 459 g/mol. The molecule has 11 heteroatoms. The second-order valence-electron chi connectivity index (χ2n) is 6.72. The van der Waals surface area contributed by atoms with E-state index in [2.05, 4.69) is 0 Å². The SMILES string of the molecule is CCCCCCCN(S(=O)(=O)c1ccc(O)c(O)c1)S(=O)(=O)c1ccc(O)c(O)c1. The van der Waals surface area contributed by atoms with Crippen LogP contribution in [0.4, 0.5) is 0 Å². The molecule has 0 aromatic heterocycles. The highest BCUT2D eigenvalue weighted by Gasteiger charge is 2.37. The molecule has 0 amide bonds. The highest BCUT2D eigenvalue weighted by molar-refractivity contribution is 8.04. The quantitative estimate of drug-likeness (QED) is 0.313. The summed E-state index contributed by atoms with van der Waals surface area (Å²) in [6, 6.07) is 5.38. The summed E-state index contributed by atoms with van der Waals surface area (Å²) in [5.74, 6) is -2.52. The maximum atomic E-state index is 13.1. The van der Waals surface area contributed by atoms with Crippen molar-refractivity contribution in [3.63, 3.8) is 0 Å². The standard InChI is InChI=1S/C19H25NO8S2/c1-2-3-4-5-6-11-20(29(25,26)14-7-9-16(21)18(23)12-14)30(27,28)15-8-10-17(22)19(24)13-15/h7-10,12-13,21-24H,2-6,11H2,1H3. The molecule has 0 aliphatic carbocycles. The molecule has 30 heavy (non-hydrogen) atoms. The van der Waals surface area contributed by atoms with E-state index in [1.807, 2.05) is 6.92 Å². The zero-order valence-corrected chi connectivity index (χ0v) is 18.0. The molecule has 0 atom stereocenters. The first-order chi connectivity index (χ1) is 14.0. The van der Waals surface area contributed by atoms with Crippen molar-refractivity contribution in [3.8, 4) is 23.0 Å². The highest BCUT2D eigenvalue weighted by Crippen LogP contribution is 2.33. The van der Waals surface area contributed by atoms with Crippen LogP contribution in [0.15, 0.2) is 46.2 Å². The highest BCUT2D eigenvalue weighted by atomic mass is 32.3. The average molecular weight is 460 g/mol. The molecule has 166 valence electrons. The lowest BCUT2D eigenvalue weighted by atomic mass is 10.2. The third-order valence-electron chi connectivity index (χ3n) is 4.47. The van der Waals surface area contributed by atoms with Crippen molar-refractivity contribution in [3.05, 3.63) is 36.4 Å². The number of aromatic hydroxyl groups is 4. The lowest BCUT2D eigenvalue weighted by Crippen LogP contribution is -2.37. The van der Waals surface area contributed by atoms with Crippen molar-refractivity contribution in [2.45, 2.75) is 48.8 Å². The van der Waals surface area contributed by atoms with E-state index in [9.17, 15) is 37.3 Å². The van der Waals surface area contributed by atoms with Crippen LogP contribution in [0.5, 0.6) is 23.0 Å². The van der Waals surface area contributed by atoms with Crippen molar-refractivity contribution in [1.82, 2.24) is 3.71 Å². The van der Waals surface area contributed by atoms with Crippen molar-refractivity contribution in [2.24, 2.45) is 0 Å². The smallest absolute Gasteiger partial charge is 0.256 e. The zero-order chi connectivity index (χ0) is 22.5. The Labute approximate surface area is 176 Å². The van der Waals surface area contributed by atoms with E-state index in [0.29, 0.717) is 10.1 Å². The van der Waals surface area contributed by atoms with E-state index >= 15 is 0 Å². The van der Waals surface area contributed by atoms with Gasteiger partial charge in [0.1, 0.15) is 0 Å². The summed E-state index contributed by atoms with van der Waals surface area (Å²) >= 11 is 0. The van der Waals surface area contributed by atoms with Crippen molar-refractivity contribution >= 4 is 20.0 Å². The number of benzene rings is 2. The molecule has 4 N–H and O–H groups in total. The molecule has 2 aromatic carbocycles. The Hall–Kier alpha value is -2.50. The van der Waals surface area contributed by atoms with Crippen LogP contribution in [0.1, 0.15) is 39.0 Å². The van der Waals surface area contributed by atoms with Gasteiger partial charge in [0.15, 0.2) is 23.0 Å². The summed E-state index contributed by atoms with van der Waals surface area (Å²) in [4.78, 5) is -1.03. The van der Waals surface area contributed by atoms with Crippen LogP contribution < -0.4 is 0 Å². The molecule has 0 spiro atoms. The van der Waals surface area contributed by atoms with E-state index in [1.165, 1.54) is 0 Å². The Morgan fingerprint density at radius 1 is 0.667 bits per heavy atom. The lowest BCUT2D eigenvalue weighted by Gasteiger charge is -2.22. The zero-order valence-electron chi connectivity index (χ0n) is 16.4. The number of phenols is 4. The Kier molecular flexibility index (Phi) is 7.56. The number of sulfonamides is 2. The first-order valence-electron chi connectivity index (χ1n) is 9.33. The lowest BCUT2D eigenvalue weighted by molar-refractivity contribution is 0.401. The second-order valence-corrected chi connectivity index (χ2v) is 10.7. The van der Waals surface area contributed by atoms with Crippen LogP contribution >= 0.6 is 0 Å². The summed E-state index contributed by atoms with van der Waals surface area (Å²) < 4.78 is 52.8. The fraction of sp³-hybridized carbons (Fsp3) is 0.368. The predicted octanol–water partition coefficient (Wildman–Crippen LogP) is 2.86. The van der Waals surface area contributed by atoms with Crippen LogP contribution in [0.25, 0.3) is 0 Å². The maximum Gasteiger partial charge on any atom is 0.256 e. The predicted molar refractivity (Wildman–Crippen MR) is 109 cm³/mol. The Morgan fingerprint density at radius 2 is 1.10 bits per heavy atom. The minimum atomic E-state index is -4.63. The second kappa shape index (κ2) is 9.54. The molecule has 0 saturated heterocycles. The minimum Gasteiger partial charge on any atom is -0.504 e. The van der Waals surface area contributed by atoms with E-state index in [1.54, 1.807) is 0 Å². The van der Waals surface area contributed by atoms with Gasteiger partial charge in [-0.1, -0.05) is 36.3 Å². The number of unbranched alkanes of at least 4 members (excludes halogenated alkanes) is 4. The Bertz CT molecular complexity index is 1020. The van der Waals surface area contributed by atoms with E-state index in [-0.39, 0.29) is 13.0 Å². The average Bonchev–Trinajstić information content (AvgIpc) is 2.68. The fourth-order valence-electron chi connectivity index (χ4n) is 2.78. The first-order valence-corrected chi connectivity index (χ1v) is 12.2. The topological polar surface area (TPSA) is 152 Å². The number of nitrogens with zero attached hydrogens (tertiary/aromatic N) is 1. The molecular formula is C19H25NO8S2. The normalized spacial score (nSPS) is 12.3.